The van der Waals surface area contributed by atoms with E-state index in [1.807, 2.05) is 7.05 Å². The highest BCUT2D eigenvalue weighted by atomic mass is 32.2. The van der Waals surface area contributed by atoms with Gasteiger partial charge in [0.05, 0.1) is 0 Å². The Morgan fingerprint density at radius 1 is 1.33 bits per heavy atom. The standard InChI is InChI=1S/C11H26N4O2S/c1-12-7-4-8-15(3)18(16,17)13-11-5-9-14(2)10-6-11/h11-13H,4-10H2,1-3H3. The first kappa shape index (κ1) is 15.8. The molecular weight excluding hydrogens is 252 g/mol. The van der Waals surface area contributed by atoms with Gasteiger partial charge in [0.25, 0.3) is 10.2 Å². The second-order valence-electron chi connectivity index (χ2n) is 4.98. The van der Waals surface area contributed by atoms with Gasteiger partial charge in [-0.2, -0.15) is 17.4 Å². The van der Waals surface area contributed by atoms with Crippen LogP contribution in [0.4, 0.5) is 0 Å². The summed E-state index contributed by atoms with van der Waals surface area (Å²) >= 11 is 0. The van der Waals surface area contributed by atoms with Crippen LogP contribution < -0.4 is 10.0 Å². The van der Waals surface area contributed by atoms with Crippen LogP contribution in [0.1, 0.15) is 19.3 Å². The highest BCUT2D eigenvalue weighted by Crippen LogP contribution is 2.10. The number of piperidine rings is 1. The van der Waals surface area contributed by atoms with Crippen molar-refractivity contribution in [3.05, 3.63) is 0 Å². The first-order chi connectivity index (χ1) is 8.45. The Bertz CT molecular complexity index is 326. The molecule has 0 saturated carbocycles. The fraction of sp³-hybridized carbons (Fsp3) is 1.00. The van der Waals surface area contributed by atoms with Crippen LogP contribution in [-0.2, 0) is 10.2 Å². The van der Waals surface area contributed by atoms with E-state index in [0.29, 0.717) is 6.54 Å². The Kier molecular flexibility index (Phi) is 6.51. The molecule has 1 rings (SSSR count). The van der Waals surface area contributed by atoms with Gasteiger partial charge in [-0.1, -0.05) is 0 Å². The summed E-state index contributed by atoms with van der Waals surface area (Å²) in [5, 5.41) is 3.01. The van der Waals surface area contributed by atoms with Gasteiger partial charge in [-0.05, 0) is 53.0 Å². The smallest absolute Gasteiger partial charge is 0.279 e. The fourth-order valence-corrected chi connectivity index (χ4v) is 3.23. The zero-order chi connectivity index (χ0) is 13.6. The molecule has 1 saturated heterocycles. The van der Waals surface area contributed by atoms with Crippen LogP contribution >= 0.6 is 0 Å². The number of hydrogen-bond donors (Lipinski definition) is 2. The van der Waals surface area contributed by atoms with Gasteiger partial charge in [0, 0.05) is 19.6 Å². The minimum Gasteiger partial charge on any atom is -0.320 e. The molecule has 0 bridgehead atoms. The van der Waals surface area contributed by atoms with E-state index in [2.05, 4.69) is 22.0 Å². The van der Waals surface area contributed by atoms with Crippen molar-refractivity contribution in [1.29, 1.82) is 0 Å². The monoisotopic (exact) mass is 278 g/mol. The van der Waals surface area contributed by atoms with Gasteiger partial charge in [-0.15, -0.1) is 0 Å². The van der Waals surface area contributed by atoms with Crippen LogP contribution in [0.15, 0.2) is 0 Å². The van der Waals surface area contributed by atoms with Gasteiger partial charge in [0.1, 0.15) is 0 Å². The van der Waals surface area contributed by atoms with E-state index in [-0.39, 0.29) is 6.04 Å². The van der Waals surface area contributed by atoms with Crippen LogP contribution in [-0.4, -0.2) is 71.0 Å². The maximum Gasteiger partial charge on any atom is 0.279 e. The molecule has 6 nitrogen and oxygen atoms in total. The van der Waals surface area contributed by atoms with Gasteiger partial charge >= 0.3 is 0 Å². The Hall–Kier alpha value is -0.210. The summed E-state index contributed by atoms with van der Waals surface area (Å²) in [6, 6.07) is 0.0814. The van der Waals surface area contributed by atoms with Crippen molar-refractivity contribution in [3.8, 4) is 0 Å². The molecule has 108 valence electrons. The predicted octanol–water partition coefficient (Wildman–Crippen LogP) is -0.544. The zero-order valence-electron chi connectivity index (χ0n) is 11.6. The first-order valence-corrected chi connectivity index (χ1v) is 7.96. The number of nitrogens with one attached hydrogen (secondary N) is 2. The normalized spacial score (nSPS) is 19.6. The molecule has 2 N–H and O–H groups in total. The molecular formula is C11H26N4O2S. The quantitative estimate of drug-likeness (QED) is 0.614. The summed E-state index contributed by atoms with van der Waals surface area (Å²) in [4.78, 5) is 2.22. The van der Waals surface area contributed by atoms with E-state index in [4.69, 9.17) is 0 Å². The lowest BCUT2D eigenvalue weighted by Crippen LogP contribution is -2.48. The van der Waals surface area contributed by atoms with Gasteiger partial charge in [0.15, 0.2) is 0 Å². The molecule has 0 aliphatic carbocycles. The lowest BCUT2D eigenvalue weighted by atomic mass is 10.1. The number of hydrogen-bond acceptors (Lipinski definition) is 4. The van der Waals surface area contributed by atoms with Crippen molar-refractivity contribution in [2.45, 2.75) is 25.3 Å². The molecule has 0 unspecified atom stereocenters. The van der Waals surface area contributed by atoms with Gasteiger partial charge in [-0.25, -0.2) is 0 Å². The average molecular weight is 278 g/mol. The second kappa shape index (κ2) is 7.40. The lowest BCUT2D eigenvalue weighted by molar-refractivity contribution is 0.246. The zero-order valence-corrected chi connectivity index (χ0v) is 12.5. The van der Waals surface area contributed by atoms with Crippen LogP contribution in [0.3, 0.4) is 0 Å². The molecule has 0 spiro atoms. The van der Waals surface area contributed by atoms with Crippen LogP contribution in [0.25, 0.3) is 0 Å². The first-order valence-electron chi connectivity index (χ1n) is 6.52. The summed E-state index contributed by atoms with van der Waals surface area (Å²) < 4.78 is 28.3. The van der Waals surface area contributed by atoms with Gasteiger partial charge < -0.3 is 10.2 Å². The third kappa shape index (κ3) is 5.19. The topological polar surface area (TPSA) is 64.7 Å². The van der Waals surface area contributed by atoms with Crippen LogP contribution in [0.5, 0.6) is 0 Å². The predicted molar refractivity (Wildman–Crippen MR) is 73.7 cm³/mol. The summed E-state index contributed by atoms with van der Waals surface area (Å²) in [5.74, 6) is 0. The summed E-state index contributed by atoms with van der Waals surface area (Å²) in [7, 11) is 2.24. The molecule has 1 aliphatic rings. The molecule has 0 aromatic rings. The lowest BCUT2D eigenvalue weighted by Gasteiger charge is -2.30. The number of rotatable bonds is 7. The molecule has 0 aromatic carbocycles. The maximum atomic E-state index is 12.1. The van der Waals surface area contributed by atoms with E-state index >= 15 is 0 Å². The summed E-state index contributed by atoms with van der Waals surface area (Å²) in [6.07, 6.45) is 2.60. The van der Waals surface area contributed by atoms with Crippen molar-refractivity contribution < 1.29 is 8.42 Å². The highest BCUT2D eigenvalue weighted by Gasteiger charge is 2.24. The van der Waals surface area contributed by atoms with Crippen LogP contribution in [0.2, 0.25) is 0 Å². The van der Waals surface area contributed by atoms with E-state index in [1.165, 1.54) is 4.31 Å². The summed E-state index contributed by atoms with van der Waals surface area (Å²) in [5.41, 5.74) is 0. The highest BCUT2D eigenvalue weighted by molar-refractivity contribution is 7.87. The van der Waals surface area contributed by atoms with E-state index < -0.39 is 10.2 Å². The molecule has 18 heavy (non-hydrogen) atoms. The minimum atomic E-state index is -3.32. The van der Waals surface area contributed by atoms with Crippen molar-refractivity contribution in [3.63, 3.8) is 0 Å². The Balaban J connectivity index is 2.38. The molecule has 1 heterocycles. The van der Waals surface area contributed by atoms with Gasteiger partial charge in [0.2, 0.25) is 0 Å². The van der Waals surface area contributed by atoms with E-state index in [9.17, 15) is 8.42 Å². The Labute approximate surface area is 111 Å². The van der Waals surface area contributed by atoms with E-state index in [1.54, 1.807) is 7.05 Å². The molecule has 0 amide bonds. The van der Waals surface area contributed by atoms with E-state index in [0.717, 1.165) is 38.9 Å². The van der Waals surface area contributed by atoms with Crippen molar-refractivity contribution in [1.82, 2.24) is 19.2 Å². The maximum absolute atomic E-state index is 12.1. The molecule has 0 aromatic heterocycles. The average Bonchev–Trinajstić information content (AvgIpc) is 2.32. The fourth-order valence-electron chi connectivity index (χ4n) is 2.03. The van der Waals surface area contributed by atoms with Crippen molar-refractivity contribution in [2.75, 3.05) is 47.3 Å². The van der Waals surface area contributed by atoms with Crippen LogP contribution in [0, 0.1) is 0 Å². The largest absolute Gasteiger partial charge is 0.320 e. The molecule has 0 radical (unpaired) electrons. The van der Waals surface area contributed by atoms with Crippen molar-refractivity contribution >= 4 is 10.2 Å². The molecule has 1 fully saturated rings. The Morgan fingerprint density at radius 2 is 1.94 bits per heavy atom. The number of likely N-dealkylation sites (tertiary alicyclic amines) is 1. The Morgan fingerprint density at radius 3 is 2.50 bits per heavy atom. The summed E-state index contributed by atoms with van der Waals surface area (Å²) in [6.45, 7) is 3.28. The third-order valence-electron chi connectivity index (χ3n) is 3.34. The molecule has 1 aliphatic heterocycles. The SMILES string of the molecule is CNCCCN(C)S(=O)(=O)NC1CCN(C)CC1. The minimum absolute atomic E-state index is 0.0814. The second-order valence-corrected chi connectivity index (χ2v) is 6.79. The number of nitrogens with zero attached hydrogens (tertiary/aromatic N) is 2. The molecule has 0 atom stereocenters. The molecule has 7 heteroatoms. The van der Waals surface area contributed by atoms with Crippen molar-refractivity contribution in [2.24, 2.45) is 0 Å². The van der Waals surface area contributed by atoms with Gasteiger partial charge in [-0.3, -0.25) is 0 Å². The third-order valence-corrected chi connectivity index (χ3v) is 4.98.